The fourth-order valence-corrected chi connectivity index (χ4v) is 4.48. The highest BCUT2D eigenvalue weighted by molar-refractivity contribution is 6.33. The Bertz CT molecular complexity index is 1400. The van der Waals surface area contributed by atoms with E-state index in [9.17, 15) is 4.79 Å². The Morgan fingerprint density at radius 2 is 2.03 bits per heavy atom. The molecular weight excluding hydrogens is 490 g/mol. The van der Waals surface area contributed by atoms with Crippen LogP contribution in [0.15, 0.2) is 60.8 Å². The van der Waals surface area contributed by atoms with Crippen LogP contribution in [0.3, 0.4) is 0 Å². The van der Waals surface area contributed by atoms with E-state index in [0.717, 1.165) is 28.0 Å². The normalized spacial score (nSPS) is 16.1. The van der Waals surface area contributed by atoms with Gasteiger partial charge >= 0.3 is 6.09 Å². The summed E-state index contributed by atoms with van der Waals surface area (Å²) in [6.07, 6.45) is 1.06. The summed E-state index contributed by atoms with van der Waals surface area (Å²) in [4.78, 5) is 27.0. The number of aromatic amines is 1. The second-order valence-corrected chi connectivity index (χ2v) is 10.4. The number of anilines is 1. The van der Waals surface area contributed by atoms with E-state index in [0.29, 0.717) is 42.6 Å². The van der Waals surface area contributed by atoms with Crippen molar-refractivity contribution in [1.29, 1.82) is 0 Å². The molecule has 1 unspecified atom stereocenters. The summed E-state index contributed by atoms with van der Waals surface area (Å²) in [6.45, 7) is 7.52. The number of fused-ring (bicyclic) bond motifs is 1. The lowest BCUT2D eigenvalue weighted by Crippen LogP contribution is -2.44. The number of halogens is 1. The number of benzene rings is 1. The van der Waals surface area contributed by atoms with Gasteiger partial charge in [0.2, 0.25) is 0 Å². The monoisotopic (exact) mass is 519 g/mol. The van der Waals surface area contributed by atoms with Gasteiger partial charge in [0.1, 0.15) is 23.2 Å². The van der Waals surface area contributed by atoms with Crippen LogP contribution in [0.1, 0.15) is 38.1 Å². The first-order chi connectivity index (χ1) is 17.8. The Morgan fingerprint density at radius 1 is 1.22 bits per heavy atom. The van der Waals surface area contributed by atoms with E-state index >= 15 is 0 Å². The molecule has 1 aliphatic rings. The summed E-state index contributed by atoms with van der Waals surface area (Å²) >= 11 is 6.61. The highest BCUT2D eigenvalue weighted by Crippen LogP contribution is 2.34. The molecule has 1 amide bonds. The molecule has 8 nitrogen and oxygen atoms in total. The fourth-order valence-electron chi connectivity index (χ4n) is 4.27. The second kappa shape index (κ2) is 10.4. The number of nitrogens with zero attached hydrogens (tertiary/aromatic N) is 3. The molecule has 37 heavy (non-hydrogen) atoms. The number of carbonyl (C=O) groups is 1. The molecule has 0 aliphatic carbocycles. The third-order valence-electron chi connectivity index (χ3n) is 6.04. The van der Waals surface area contributed by atoms with Crippen molar-refractivity contribution in [3.8, 4) is 11.3 Å². The van der Waals surface area contributed by atoms with Crippen molar-refractivity contribution in [1.82, 2.24) is 19.9 Å². The number of amides is 1. The van der Waals surface area contributed by atoms with Gasteiger partial charge in [-0.15, -0.1) is 0 Å². The quantitative estimate of drug-likeness (QED) is 0.326. The van der Waals surface area contributed by atoms with Crippen molar-refractivity contribution < 1.29 is 14.3 Å². The first-order valence-electron chi connectivity index (χ1n) is 12.3. The Labute approximate surface area is 221 Å². The minimum Gasteiger partial charge on any atom is -0.444 e. The fraction of sp³-hybridized carbons (Fsp3) is 0.321. The zero-order chi connectivity index (χ0) is 26.0. The number of ether oxygens (including phenoxy) is 2. The van der Waals surface area contributed by atoms with Gasteiger partial charge in [-0.05, 0) is 50.6 Å². The van der Waals surface area contributed by atoms with Crippen molar-refractivity contribution in [2.24, 2.45) is 0 Å². The Hall–Kier alpha value is -3.62. The first-order valence-corrected chi connectivity index (χ1v) is 12.7. The standard InChI is InChI=1S/C28H30ClN5O3/c1-28(2,3)37-27(35)34-13-14-36-23(17-34)22-15-20-19(11-12-30-26(20)32-22)25-21(29)9-10-24(33-25)31-16-18-7-5-4-6-8-18/h4-12,15,23H,13-14,16-17H2,1-3H3,(H,30,32)(H,31,33). The molecular formula is C28H30ClN5O3. The average molecular weight is 520 g/mol. The molecule has 0 radical (unpaired) electrons. The predicted octanol–water partition coefficient (Wildman–Crippen LogP) is 6.20. The molecule has 192 valence electrons. The maximum atomic E-state index is 12.6. The minimum absolute atomic E-state index is 0.328. The molecule has 3 aromatic heterocycles. The van der Waals surface area contributed by atoms with Crippen LogP contribution in [0, 0.1) is 0 Å². The molecule has 1 aromatic carbocycles. The Kier molecular flexibility index (Phi) is 7.04. The molecule has 5 rings (SSSR count). The maximum absolute atomic E-state index is 12.6. The van der Waals surface area contributed by atoms with Crippen LogP contribution < -0.4 is 5.32 Å². The molecule has 9 heteroatoms. The Morgan fingerprint density at radius 3 is 2.81 bits per heavy atom. The number of rotatable bonds is 5. The number of nitrogens with one attached hydrogen (secondary N) is 2. The summed E-state index contributed by atoms with van der Waals surface area (Å²) in [5.74, 6) is 0.729. The minimum atomic E-state index is -0.554. The van der Waals surface area contributed by atoms with Crippen molar-refractivity contribution in [2.75, 3.05) is 25.0 Å². The molecule has 1 fully saturated rings. The van der Waals surface area contributed by atoms with Crippen LogP contribution in [-0.4, -0.2) is 51.2 Å². The van der Waals surface area contributed by atoms with E-state index < -0.39 is 5.60 Å². The van der Waals surface area contributed by atoms with Crippen LogP contribution in [-0.2, 0) is 16.0 Å². The summed E-state index contributed by atoms with van der Waals surface area (Å²) < 4.78 is 11.6. The van der Waals surface area contributed by atoms with Gasteiger partial charge in [0.25, 0.3) is 0 Å². The Balaban J connectivity index is 1.40. The van der Waals surface area contributed by atoms with Crippen LogP contribution in [0.4, 0.5) is 10.6 Å². The van der Waals surface area contributed by atoms with Crippen molar-refractivity contribution in [3.63, 3.8) is 0 Å². The van der Waals surface area contributed by atoms with E-state index in [1.807, 2.05) is 63.2 Å². The van der Waals surface area contributed by atoms with Crippen molar-refractivity contribution >= 4 is 34.5 Å². The van der Waals surface area contributed by atoms with Crippen molar-refractivity contribution in [2.45, 2.75) is 39.0 Å². The van der Waals surface area contributed by atoms with E-state index in [2.05, 4.69) is 27.4 Å². The SMILES string of the molecule is CC(C)(C)OC(=O)N1CCOC(c2cc3c(-c4nc(NCc5ccccc5)ccc4Cl)ccnc3[nH]2)C1. The molecule has 1 atom stereocenters. The number of pyridine rings is 2. The maximum Gasteiger partial charge on any atom is 0.410 e. The average Bonchev–Trinajstić information content (AvgIpc) is 3.33. The summed E-state index contributed by atoms with van der Waals surface area (Å²) in [6, 6.07) is 17.8. The van der Waals surface area contributed by atoms with E-state index in [1.165, 1.54) is 0 Å². The van der Waals surface area contributed by atoms with Gasteiger partial charge in [0, 0.05) is 35.9 Å². The molecule has 0 spiro atoms. The molecule has 2 N–H and O–H groups in total. The molecule has 0 bridgehead atoms. The van der Waals surface area contributed by atoms with Gasteiger partial charge in [-0.3, -0.25) is 0 Å². The largest absolute Gasteiger partial charge is 0.444 e. The van der Waals surface area contributed by atoms with Gasteiger partial charge in [-0.2, -0.15) is 0 Å². The number of aromatic nitrogens is 3. The van der Waals surface area contributed by atoms with Gasteiger partial charge in [-0.1, -0.05) is 41.9 Å². The van der Waals surface area contributed by atoms with E-state index in [1.54, 1.807) is 11.1 Å². The van der Waals surface area contributed by atoms with Crippen LogP contribution >= 0.6 is 11.6 Å². The van der Waals surface area contributed by atoms with Gasteiger partial charge in [-0.25, -0.2) is 14.8 Å². The lowest BCUT2D eigenvalue weighted by molar-refractivity contribution is -0.0444. The lowest BCUT2D eigenvalue weighted by Gasteiger charge is -2.33. The van der Waals surface area contributed by atoms with Crippen LogP contribution in [0.5, 0.6) is 0 Å². The second-order valence-electron chi connectivity index (χ2n) is 10.00. The summed E-state index contributed by atoms with van der Waals surface area (Å²) in [5.41, 5.74) is 3.67. The molecule has 4 heterocycles. The molecule has 1 saturated heterocycles. The summed E-state index contributed by atoms with van der Waals surface area (Å²) in [7, 11) is 0. The van der Waals surface area contributed by atoms with Gasteiger partial charge < -0.3 is 24.7 Å². The number of hydrogen-bond donors (Lipinski definition) is 2. The van der Waals surface area contributed by atoms with Crippen LogP contribution in [0.2, 0.25) is 5.02 Å². The highest BCUT2D eigenvalue weighted by atomic mass is 35.5. The highest BCUT2D eigenvalue weighted by Gasteiger charge is 2.30. The number of H-pyrrole nitrogens is 1. The lowest BCUT2D eigenvalue weighted by atomic mass is 10.1. The molecule has 1 aliphatic heterocycles. The smallest absolute Gasteiger partial charge is 0.410 e. The summed E-state index contributed by atoms with van der Waals surface area (Å²) in [5, 5.41) is 4.80. The molecule has 0 saturated carbocycles. The zero-order valence-corrected chi connectivity index (χ0v) is 21.9. The third kappa shape index (κ3) is 5.87. The van der Waals surface area contributed by atoms with Gasteiger partial charge in [0.05, 0.1) is 23.9 Å². The van der Waals surface area contributed by atoms with E-state index in [-0.39, 0.29) is 12.2 Å². The topological polar surface area (TPSA) is 92.4 Å². The zero-order valence-electron chi connectivity index (χ0n) is 21.1. The third-order valence-corrected chi connectivity index (χ3v) is 6.34. The van der Waals surface area contributed by atoms with Crippen LogP contribution in [0.25, 0.3) is 22.3 Å². The van der Waals surface area contributed by atoms with E-state index in [4.69, 9.17) is 26.1 Å². The van der Waals surface area contributed by atoms with Gasteiger partial charge in [0.15, 0.2) is 0 Å². The predicted molar refractivity (Wildman–Crippen MR) is 145 cm³/mol. The first kappa shape index (κ1) is 25.0. The van der Waals surface area contributed by atoms with Crippen molar-refractivity contribution in [3.05, 3.63) is 77.1 Å². The number of hydrogen-bond acceptors (Lipinski definition) is 6. The number of carbonyl (C=O) groups excluding carboxylic acids is 1. The number of morpholine rings is 1. The molecule has 4 aromatic rings.